The van der Waals surface area contributed by atoms with Crippen LogP contribution in [0.4, 0.5) is 0 Å². The lowest BCUT2D eigenvalue weighted by Crippen LogP contribution is -2.35. The van der Waals surface area contributed by atoms with E-state index in [9.17, 15) is 4.79 Å². The number of nitrogens with one attached hydrogen (secondary N) is 1. The maximum atomic E-state index is 12.1. The van der Waals surface area contributed by atoms with Crippen LogP contribution in [0.3, 0.4) is 0 Å². The zero-order valence-electron chi connectivity index (χ0n) is 11.3. The van der Waals surface area contributed by atoms with E-state index in [0.717, 1.165) is 0 Å². The van der Waals surface area contributed by atoms with Crippen LogP contribution in [0.5, 0.6) is 0 Å². The second kappa shape index (κ2) is 5.89. The first kappa shape index (κ1) is 13.6. The van der Waals surface area contributed by atoms with E-state index in [1.54, 1.807) is 14.2 Å². The van der Waals surface area contributed by atoms with Crippen molar-refractivity contribution in [2.75, 3.05) is 20.3 Å². The van der Waals surface area contributed by atoms with Gasteiger partial charge in [0.25, 0.3) is 5.56 Å². The summed E-state index contributed by atoms with van der Waals surface area (Å²) in [5, 5.41) is 15.6. The normalized spacial score (nSPS) is 13.0. The van der Waals surface area contributed by atoms with Gasteiger partial charge in [-0.3, -0.25) is 4.79 Å². The quantitative estimate of drug-likeness (QED) is 0.733. The van der Waals surface area contributed by atoms with Crippen molar-refractivity contribution >= 4 is 11.0 Å². The number of rotatable bonds is 6. The molecule has 104 valence electrons. The van der Waals surface area contributed by atoms with Gasteiger partial charge in [-0.25, -0.2) is 9.36 Å². The second-order valence-electron chi connectivity index (χ2n) is 4.43. The average molecular weight is 266 g/mol. The Labute approximate surface area is 110 Å². The van der Waals surface area contributed by atoms with Gasteiger partial charge in [0.05, 0.1) is 19.3 Å². The minimum atomic E-state index is -0.167. The van der Waals surface area contributed by atoms with E-state index in [2.05, 4.69) is 20.7 Å². The maximum Gasteiger partial charge on any atom is 0.280 e. The van der Waals surface area contributed by atoms with Crippen LogP contribution in [-0.4, -0.2) is 51.1 Å². The standard InChI is InChI=1S/C11H18N6O2/c1-8(7-19-3)12-4-5-17-11(18)9-6-13-16(2)10(9)14-15-17/h6,8,12H,4-5,7H2,1-3H3. The first-order valence-electron chi connectivity index (χ1n) is 6.11. The lowest BCUT2D eigenvalue weighted by molar-refractivity contribution is 0.171. The molecule has 8 nitrogen and oxygen atoms in total. The molecule has 0 spiro atoms. The van der Waals surface area contributed by atoms with Crippen molar-refractivity contribution in [2.24, 2.45) is 7.05 Å². The average Bonchev–Trinajstić information content (AvgIpc) is 2.75. The van der Waals surface area contributed by atoms with Gasteiger partial charge in [-0.2, -0.15) is 5.10 Å². The van der Waals surface area contributed by atoms with E-state index in [-0.39, 0.29) is 11.6 Å². The topological polar surface area (TPSA) is 86.9 Å². The van der Waals surface area contributed by atoms with Crippen LogP contribution in [0, 0.1) is 0 Å². The highest BCUT2D eigenvalue weighted by Crippen LogP contribution is 2.01. The molecule has 0 aliphatic carbocycles. The Hall–Kier alpha value is -1.80. The van der Waals surface area contributed by atoms with E-state index < -0.39 is 0 Å². The molecular weight excluding hydrogens is 248 g/mol. The molecular formula is C11H18N6O2. The van der Waals surface area contributed by atoms with Gasteiger partial charge < -0.3 is 10.1 Å². The van der Waals surface area contributed by atoms with Crippen molar-refractivity contribution in [1.82, 2.24) is 30.1 Å². The predicted octanol–water partition coefficient (Wildman–Crippen LogP) is -0.850. The molecule has 19 heavy (non-hydrogen) atoms. The Morgan fingerprint density at radius 3 is 3.05 bits per heavy atom. The summed E-state index contributed by atoms with van der Waals surface area (Å²) < 4.78 is 7.90. The molecule has 2 aromatic heterocycles. The van der Waals surface area contributed by atoms with Crippen LogP contribution in [0.2, 0.25) is 0 Å². The Bertz CT molecular complexity index is 605. The van der Waals surface area contributed by atoms with Gasteiger partial charge in [0.1, 0.15) is 5.39 Å². The number of aryl methyl sites for hydroxylation is 1. The molecule has 2 heterocycles. The summed E-state index contributed by atoms with van der Waals surface area (Å²) >= 11 is 0. The lowest BCUT2D eigenvalue weighted by Gasteiger charge is -2.12. The smallest absolute Gasteiger partial charge is 0.280 e. The molecule has 0 aliphatic heterocycles. The highest BCUT2D eigenvalue weighted by Gasteiger charge is 2.09. The number of aromatic nitrogens is 5. The molecule has 0 saturated carbocycles. The van der Waals surface area contributed by atoms with E-state index in [1.807, 2.05) is 6.92 Å². The molecule has 1 unspecified atom stereocenters. The zero-order valence-corrected chi connectivity index (χ0v) is 11.3. The third kappa shape index (κ3) is 2.96. The molecule has 8 heteroatoms. The highest BCUT2D eigenvalue weighted by atomic mass is 16.5. The van der Waals surface area contributed by atoms with Crippen LogP contribution in [-0.2, 0) is 18.3 Å². The SMILES string of the molecule is COCC(C)NCCn1nnc2c(cnn2C)c1=O. The minimum Gasteiger partial charge on any atom is -0.383 e. The number of nitrogens with zero attached hydrogens (tertiary/aromatic N) is 5. The van der Waals surface area contributed by atoms with Gasteiger partial charge >= 0.3 is 0 Å². The fraction of sp³-hybridized carbons (Fsp3) is 0.636. The predicted molar refractivity (Wildman–Crippen MR) is 69.9 cm³/mol. The van der Waals surface area contributed by atoms with Gasteiger partial charge in [-0.1, -0.05) is 5.21 Å². The summed E-state index contributed by atoms with van der Waals surface area (Å²) in [5.74, 6) is 0. The Morgan fingerprint density at radius 1 is 1.53 bits per heavy atom. The third-order valence-corrected chi connectivity index (χ3v) is 2.85. The van der Waals surface area contributed by atoms with Crippen molar-refractivity contribution < 1.29 is 4.74 Å². The van der Waals surface area contributed by atoms with E-state index in [0.29, 0.717) is 30.7 Å². The first-order chi connectivity index (χ1) is 9.13. The molecule has 0 radical (unpaired) electrons. The third-order valence-electron chi connectivity index (χ3n) is 2.85. The van der Waals surface area contributed by atoms with Crippen molar-refractivity contribution in [2.45, 2.75) is 19.5 Å². The maximum absolute atomic E-state index is 12.1. The van der Waals surface area contributed by atoms with Crippen LogP contribution >= 0.6 is 0 Å². The molecule has 0 aliphatic rings. The number of hydrogen-bond acceptors (Lipinski definition) is 6. The van der Waals surface area contributed by atoms with Gasteiger partial charge in [0.2, 0.25) is 0 Å². The summed E-state index contributed by atoms with van der Waals surface area (Å²) in [5.41, 5.74) is 0.334. The van der Waals surface area contributed by atoms with Crippen LogP contribution in [0.15, 0.2) is 11.0 Å². The van der Waals surface area contributed by atoms with Crippen LogP contribution in [0.25, 0.3) is 11.0 Å². The number of ether oxygens (including phenoxy) is 1. The molecule has 1 N–H and O–H groups in total. The number of methoxy groups -OCH3 is 1. The van der Waals surface area contributed by atoms with E-state index in [4.69, 9.17) is 4.74 Å². The second-order valence-corrected chi connectivity index (χ2v) is 4.43. The minimum absolute atomic E-state index is 0.167. The van der Waals surface area contributed by atoms with Crippen molar-refractivity contribution in [3.05, 3.63) is 16.6 Å². The summed E-state index contributed by atoms with van der Waals surface area (Å²) in [6.45, 7) is 3.74. The molecule has 2 aromatic rings. The fourth-order valence-electron chi connectivity index (χ4n) is 1.85. The highest BCUT2D eigenvalue weighted by molar-refractivity contribution is 5.72. The largest absolute Gasteiger partial charge is 0.383 e. The molecule has 0 amide bonds. The molecule has 0 saturated heterocycles. The molecule has 0 fully saturated rings. The molecule has 1 atom stereocenters. The summed E-state index contributed by atoms with van der Waals surface area (Å²) in [7, 11) is 3.39. The van der Waals surface area contributed by atoms with Gasteiger partial charge in [-0.15, -0.1) is 5.10 Å². The van der Waals surface area contributed by atoms with Crippen molar-refractivity contribution in [3.63, 3.8) is 0 Å². The number of hydrogen-bond donors (Lipinski definition) is 1. The van der Waals surface area contributed by atoms with Gasteiger partial charge in [0, 0.05) is 26.7 Å². The Morgan fingerprint density at radius 2 is 2.32 bits per heavy atom. The van der Waals surface area contributed by atoms with Gasteiger partial charge in [-0.05, 0) is 6.92 Å². The van der Waals surface area contributed by atoms with E-state index >= 15 is 0 Å². The molecule has 0 bridgehead atoms. The summed E-state index contributed by atoms with van der Waals surface area (Å²) in [6.07, 6.45) is 1.52. The van der Waals surface area contributed by atoms with Crippen molar-refractivity contribution in [3.8, 4) is 0 Å². The van der Waals surface area contributed by atoms with Gasteiger partial charge in [0.15, 0.2) is 5.65 Å². The molecule has 2 rings (SSSR count). The fourth-order valence-corrected chi connectivity index (χ4v) is 1.85. The van der Waals surface area contributed by atoms with Crippen LogP contribution < -0.4 is 10.9 Å². The van der Waals surface area contributed by atoms with E-state index in [1.165, 1.54) is 15.6 Å². The summed E-state index contributed by atoms with van der Waals surface area (Å²) in [4.78, 5) is 12.1. The van der Waals surface area contributed by atoms with Crippen LogP contribution in [0.1, 0.15) is 6.92 Å². The lowest BCUT2D eigenvalue weighted by atomic mass is 10.3. The Kier molecular flexibility index (Phi) is 4.23. The Balaban J connectivity index is 2.05. The van der Waals surface area contributed by atoms with Crippen molar-refractivity contribution in [1.29, 1.82) is 0 Å². The first-order valence-corrected chi connectivity index (χ1v) is 6.11. The summed E-state index contributed by atoms with van der Waals surface area (Å²) in [6, 6.07) is 0.232. The monoisotopic (exact) mass is 266 g/mol. The zero-order chi connectivity index (χ0) is 13.8. The number of fused-ring (bicyclic) bond motifs is 1. The molecule has 0 aromatic carbocycles.